The maximum Gasteiger partial charge on any atom is 0.416 e. The predicted molar refractivity (Wildman–Crippen MR) is 75.1 cm³/mol. The summed E-state index contributed by atoms with van der Waals surface area (Å²) in [6.45, 7) is 3.83. The van der Waals surface area contributed by atoms with Gasteiger partial charge in [0.15, 0.2) is 0 Å². The van der Waals surface area contributed by atoms with Gasteiger partial charge in [-0.15, -0.1) is 0 Å². The van der Waals surface area contributed by atoms with Crippen LogP contribution in [0.15, 0.2) is 18.2 Å². The monoisotopic (exact) mass is 286 g/mol. The van der Waals surface area contributed by atoms with Crippen LogP contribution in [0.4, 0.5) is 18.9 Å². The number of hydrogen-bond acceptors (Lipinski definition) is 2. The lowest BCUT2D eigenvalue weighted by Gasteiger charge is -2.26. The summed E-state index contributed by atoms with van der Waals surface area (Å²) in [6, 6.07) is 4.46. The van der Waals surface area contributed by atoms with E-state index in [1.165, 1.54) is 12.1 Å². The molecule has 0 bridgehead atoms. The Labute approximate surface area is 118 Å². The molecule has 5 heteroatoms. The number of fused-ring (bicyclic) bond motifs is 1. The third kappa shape index (κ3) is 3.08. The van der Waals surface area contributed by atoms with Crippen molar-refractivity contribution in [2.24, 2.45) is 0 Å². The molecule has 1 aromatic rings. The van der Waals surface area contributed by atoms with Crippen LogP contribution in [-0.4, -0.2) is 26.2 Å². The van der Waals surface area contributed by atoms with Crippen molar-refractivity contribution in [3.8, 4) is 0 Å². The second-order valence-corrected chi connectivity index (χ2v) is 5.23. The Morgan fingerprint density at radius 1 is 1.35 bits per heavy atom. The zero-order valence-corrected chi connectivity index (χ0v) is 11.9. The minimum Gasteiger partial charge on any atom is -0.368 e. The van der Waals surface area contributed by atoms with E-state index in [0.29, 0.717) is 6.04 Å². The summed E-state index contributed by atoms with van der Waals surface area (Å²) in [5, 5.41) is 3.11. The Morgan fingerprint density at radius 3 is 2.70 bits per heavy atom. The maximum absolute atomic E-state index is 12.8. The molecule has 0 saturated heterocycles. The lowest BCUT2D eigenvalue weighted by molar-refractivity contribution is -0.137. The molecule has 0 aliphatic carbocycles. The van der Waals surface area contributed by atoms with Crippen molar-refractivity contribution in [3.05, 3.63) is 29.3 Å². The van der Waals surface area contributed by atoms with Gasteiger partial charge in [-0.25, -0.2) is 0 Å². The number of alkyl halides is 3. The second kappa shape index (κ2) is 6.04. The van der Waals surface area contributed by atoms with Crippen LogP contribution in [0.1, 0.15) is 30.9 Å². The van der Waals surface area contributed by atoms with Crippen LogP contribution in [0, 0.1) is 0 Å². The van der Waals surface area contributed by atoms with Crippen molar-refractivity contribution in [2.75, 3.05) is 25.0 Å². The van der Waals surface area contributed by atoms with Gasteiger partial charge in [-0.1, -0.05) is 0 Å². The molecule has 1 aliphatic rings. The first-order valence-electron chi connectivity index (χ1n) is 7.08. The Bertz CT molecular complexity index is 457. The molecule has 0 aromatic heterocycles. The fourth-order valence-corrected chi connectivity index (χ4v) is 2.97. The molecular weight excluding hydrogens is 265 g/mol. The van der Waals surface area contributed by atoms with Gasteiger partial charge in [0.25, 0.3) is 0 Å². The molecule has 0 saturated carbocycles. The van der Waals surface area contributed by atoms with Gasteiger partial charge in [-0.2, -0.15) is 13.2 Å². The normalized spacial score (nSPS) is 18.4. The topological polar surface area (TPSA) is 15.3 Å². The van der Waals surface area contributed by atoms with Gasteiger partial charge < -0.3 is 10.2 Å². The molecule has 1 atom stereocenters. The summed E-state index contributed by atoms with van der Waals surface area (Å²) in [6.07, 6.45) is -1.49. The van der Waals surface area contributed by atoms with Gasteiger partial charge in [-0.05, 0) is 63.5 Å². The number of nitrogens with one attached hydrogen (secondary N) is 1. The highest BCUT2D eigenvalue weighted by molar-refractivity contribution is 5.60. The highest BCUT2D eigenvalue weighted by Crippen LogP contribution is 2.38. The Morgan fingerprint density at radius 2 is 2.10 bits per heavy atom. The maximum atomic E-state index is 12.8. The van der Waals surface area contributed by atoms with E-state index in [0.717, 1.165) is 43.6 Å². The molecule has 1 aliphatic heterocycles. The molecule has 2 rings (SSSR count). The third-order valence-electron chi connectivity index (χ3n) is 3.92. The molecule has 1 N–H and O–H groups in total. The number of anilines is 1. The van der Waals surface area contributed by atoms with Gasteiger partial charge in [0, 0.05) is 18.3 Å². The van der Waals surface area contributed by atoms with Crippen LogP contribution >= 0.6 is 0 Å². The number of hydrogen-bond donors (Lipinski definition) is 1. The first-order valence-corrected chi connectivity index (χ1v) is 7.08. The molecule has 0 fully saturated rings. The first kappa shape index (κ1) is 15.2. The molecule has 2 nitrogen and oxygen atoms in total. The fraction of sp³-hybridized carbons (Fsp3) is 0.600. The Kier molecular flexibility index (Phi) is 4.58. The van der Waals surface area contributed by atoms with E-state index in [9.17, 15) is 13.2 Å². The van der Waals surface area contributed by atoms with E-state index in [2.05, 4.69) is 17.1 Å². The summed E-state index contributed by atoms with van der Waals surface area (Å²) in [7, 11) is 1.91. The average Bonchev–Trinajstić information content (AvgIpc) is 2.74. The first-order chi connectivity index (χ1) is 9.47. The smallest absolute Gasteiger partial charge is 0.368 e. The van der Waals surface area contributed by atoms with E-state index in [-0.39, 0.29) is 0 Å². The third-order valence-corrected chi connectivity index (χ3v) is 3.92. The van der Waals surface area contributed by atoms with Crippen LogP contribution in [0.2, 0.25) is 0 Å². The number of halogens is 3. The summed E-state index contributed by atoms with van der Waals surface area (Å²) < 4.78 is 38.3. The van der Waals surface area contributed by atoms with E-state index < -0.39 is 11.7 Å². The van der Waals surface area contributed by atoms with Crippen LogP contribution in [0.3, 0.4) is 0 Å². The van der Waals surface area contributed by atoms with Gasteiger partial charge in [0.2, 0.25) is 0 Å². The largest absolute Gasteiger partial charge is 0.416 e. The number of rotatable bonds is 5. The van der Waals surface area contributed by atoms with E-state index in [1.54, 1.807) is 6.07 Å². The second-order valence-electron chi connectivity index (χ2n) is 5.23. The molecule has 0 radical (unpaired) electrons. The zero-order valence-electron chi connectivity index (χ0n) is 11.9. The van der Waals surface area contributed by atoms with Crippen LogP contribution < -0.4 is 10.2 Å². The van der Waals surface area contributed by atoms with Crippen molar-refractivity contribution >= 4 is 5.69 Å². The summed E-state index contributed by atoms with van der Waals surface area (Å²) in [5.74, 6) is 0. The van der Waals surface area contributed by atoms with Crippen molar-refractivity contribution < 1.29 is 13.2 Å². The molecule has 112 valence electrons. The highest BCUT2D eigenvalue weighted by atomic mass is 19.4. The van der Waals surface area contributed by atoms with Crippen LogP contribution in [0.25, 0.3) is 0 Å². The summed E-state index contributed by atoms with van der Waals surface area (Å²) >= 11 is 0. The summed E-state index contributed by atoms with van der Waals surface area (Å²) in [5.41, 5.74) is 1.26. The number of nitrogens with zero attached hydrogens (tertiary/aromatic N) is 1. The number of likely N-dealkylation sites (N-methyl/N-ethyl adjacent to an activating group) is 1. The SMILES string of the molecule is CCN1c2ccc(C(F)(F)F)cc2CC1CCCNC. The van der Waals surface area contributed by atoms with Crippen molar-refractivity contribution in [2.45, 2.75) is 38.4 Å². The fourth-order valence-electron chi connectivity index (χ4n) is 2.97. The number of benzene rings is 1. The zero-order chi connectivity index (χ0) is 14.8. The lowest BCUT2D eigenvalue weighted by Crippen LogP contribution is -2.32. The van der Waals surface area contributed by atoms with Crippen LogP contribution in [-0.2, 0) is 12.6 Å². The molecular formula is C15H21F3N2. The van der Waals surface area contributed by atoms with Crippen molar-refractivity contribution in [3.63, 3.8) is 0 Å². The van der Waals surface area contributed by atoms with Gasteiger partial charge in [0.1, 0.15) is 0 Å². The minimum atomic E-state index is -4.25. The lowest BCUT2D eigenvalue weighted by atomic mass is 10.0. The van der Waals surface area contributed by atoms with E-state index >= 15 is 0 Å². The van der Waals surface area contributed by atoms with Crippen molar-refractivity contribution in [1.82, 2.24) is 5.32 Å². The molecule has 0 spiro atoms. The minimum absolute atomic E-state index is 0.326. The molecule has 0 amide bonds. The molecule has 1 heterocycles. The standard InChI is InChI=1S/C15H21F3N2/c1-3-20-13(5-4-8-19-2)10-11-9-12(15(16,17)18)6-7-14(11)20/h6-7,9,13,19H,3-5,8,10H2,1-2H3. The van der Waals surface area contributed by atoms with E-state index in [4.69, 9.17) is 0 Å². The van der Waals surface area contributed by atoms with Gasteiger partial charge in [0.05, 0.1) is 5.56 Å². The highest BCUT2D eigenvalue weighted by Gasteiger charge is 2.34. The van der Waals surface area contributed by atoms with E-state index in [1.807, 2.05) is 7.05 Å². The molecule has 20 heavy (non-hydrogen) atoms. The Hall–Kier alpha value is -1.23. The quantitative estimate of drug-likeness (QED) is 0.834. The molecule has 1 unspecified atom stereocenters. The van der Waals surface area contributed by atoms with Gasteiger partial charge in [-0.3, -0.25) is 0 Å². The predicted octanol–water partition coefficient (Wildman–Crippen LogP) is 3.46. The summed E-state index contributed by atoms with van der Waals surface area (Å²) in [4.78, 5) is 2.23. The van der Waals surface area contributed by atoms with Crippen molar-refractivity contribution in [1.29, 1.82) is 0 Å². The average molecular weight is 286 g/mol. The Balaban J connectivity index is 2.17. The van der Waals surface area contributed by atoms with Gasteiger partial charge >= 0.3 is 6.18 Å². The molecule has 1 aromatic carbocycles. The van der Waals surface area contributed by atoms with Crippen LogP contribution in [0.5, 0.6) is 0 Å².